The number of thiazole rings is 1. The molecule has 72 valence electrons. The van der Waals surface area contributed by atoms with Crippen molar-refractivity contribution in [2.75, 3.05) is 6.61 Å². The number of rotatable bonds is 4. The van der Waals surface area contributed by atoms with Gasteiger partial charge in [0.25, 0.3) is 0 Å². The summed E-state index contributed by atoms with van der Waals surface area (Å²) in [5.74, 6) is -0.591. The summed E-state index contributed by atoms with van der Waals surface area (Å²) in [7, 11) is 0. The molecule has 0 spiro atoms. The lowest BCUT2D eigenvalue weighted by Crippen LogP contribution is -2.05. The number of ether oxygens (including phenoxy) is 1. The Hall–Kier alpha value is -1.10. The standard InChI is InChI=1S/C8H11NO3S/c1-2-3-4-12-8(11)7-9-6(10)5-13-7/h5,10H,2-4H2,1H3. The van der Waals surface area contributed by atoms with Crippen molar-refractivity contribution in [1.29, 1.82) is 0 Å². The quantitative estimate of drug-likeness (QED) is 0.596. The van der Waals surface area contributed by atoms with Crippen LogP contribution in [-0.4, -0.2) is 22.7 Å². The summed E-state index contributed by atoms with van der Waals surface area (Å²) in [4.78, 5) is 14.7. The van der Waals surface area contributed by atoms with Crippen LogP contribution in [-0.2, 0) is 4.74 Å². The van der Waals surface area contributed by atoms with Gasteiger partial charge in [-0.1, -0.05) is 13.3 Å². The fraction of sp³-hybridized carbons (Fsp3) is 0.500. The summed E-state index contributed by atoms with van der Waals surface area (Å²) in [5.41, 5.74) is 0. The third kappa shape index (κ3) is 3.02. The predicted molar refractivity (Wildman–Crippen MR) is 49.0 cm³/mol. The van der Waals surface area contributed by atoms with E-state index in [1.807, 2.05) is 6.92 Å². The summed E-state index contributed by atoms with van der Waals surface area (Å²) >= 11 is 1.08. The van der Waals surface area contributed by atoms with Gasteiger partial charge < -0.3 is 9.84 Å². The maximum absolute atomic E-state index is 11.1. The molecule has 0 fully saturated rings. The summed E-state index contributed by atoms with van der Waals surface area (Å²) in [5, 5.41) is 10.5. The lowest BCUT2D eigenvalue weighted by molar-refractivity contribution is 0.0498. The van der Waals surface area contributed by atoms with Crippen molar-refractivity contribution in [3.05, 3.63) is 10.4 Å². The van der Waals surface area contributed by atoms with E-state index in [1.165, 1.54) is 5.38 Å². The first-order valence-corrected chi connectivity index (χ1v) is 4.93. The molecule has 0 aliphatic carbocycles. The van der Waals surface area contributed by atoms with Gasteiger partial charge in [-0.15, -0.1) is 11.3 Å². The number of hydrogen-bond donors (Lipinski definition) is 1. The molecular weight excluding hydrogens is 190 g/mol. The lowest BCUT2D eigenvalue weighted by atomic mass is 10.4. The predicted octanol–water partition coefficient (Wildman–Crippen LogP) is 1.81. The van der Waals surface area contributed by atoms with Crippen molar-refractivity contribution in [2.45, 2.75) is 19.8 Å². The van der Waals surface area contributed by atoms with Crippen LogP contribution in [0.4, 0.5) is 0 Å². The number of carbonyl (C=O) groups is 1. The number of esters is 1. The fourth-order valence-corrected chi connectivity index (χ4v) is 1.30. The Kier molecular flexibility index (Phi) is 3.70. The van der Waals surface area contributed by atoms with Gasteiger partial charge in [-0.25, -0.2) is 4.79 Å². The fourth-order valence-electron chi connectivity index (χ4n) is 0.730. The number of nitrogens with zero attached hydrogens (tertiary/aromatic N) is 1. The van der Waals surface area contributed by atoms with Crippen molar-refractivity contribution in [1.82, 2.24) is 4.98 Å². The van der Waals surface area contributed by atoms with Crippen LogP contribution in [0.2, 0.25) is 0 Å². The van der Waals surface area contributed by atoms with Crippen molar-refractivity contribution in [3.8, 4) is 5.88 Å². The van der Waals surface area contributed by atoms with E-state index in [0.29, 0.717) is 6.61 Å². The second-order valence-electron chi connectivity index (χ2n) is 2.50. The van der Waals surface area contributed by atoms with Crippen LogP contribution in [0.25, 0.3) is 0 Å². The molecule has 0 saturated heterocycles. The largest absolute Gasteiger partial charge is 0.493 e. The average Bonchev–Trinajstić information content (AvgIpc) is 2.52. The number of unbranched alkanes of at least 4 members (excludes halogenated alkanes) is 1. The SMILES string of the molecule is CCCCOC(=O)c1nc(O)cs1. The molecule has 0 unspecified atom stereocenters. The van der Waals surface area contributed by atoms with Crippen LogP contribution in [0.15, 0.2) is 5.38 Å². The molecule has 1 aromatic heterocycles. The zero-order valence-corrected chi connectivity index (χ0v) is 8.13. The van der Waals surface area contributed by atoms with Crippen molar-refractivity contribution < 1.29 is 14.6 Å². The molecule has 0 aliphatic heterocycles. The first-order chi connectivity index (χ1) is 6.24. The smallest absolute Gasteiger partial charge is 0.367 e. The van der Waals surface area contributed by atoms with Crippen molar-refractivity contribution in [2.24, 2.45) is 0 Å². The Bertz CT molecular complexity index is 285. The van der Waals surface area contributed by atoms with Gasteiger partial charge in [0.2, 0.25) is 10.9 Å². The van der Waals surface area contributed by atoms with Gasteiger partial charge >= 0.3 is 5.97 Å². The van der Waals surface area contributed by atoms with E-state index in [-0.39, 0.29) is 10.9 Å². The van der Waals surface area contributed by atoms with Gasteiger partial charge in [-0.05, 0) is 6.42 Å². The van der Waals surface area contributed by atoms with Crippen LogP contribution in [0.1, 0.15) is 29.6 Å². The molecule has 0 aromatic carbocycles. The molecule has 0 aliphatic rings. The topological polar surface area (TPSA) is 59.4 Å². The third-order valence-electron chi connectivity index (χ3n) is 1.40. The highest BCUT2D eigenvalue weighted by Crippen LogP contribution is 2.15. The maximum Gasteiger partial charge on any atom is 0.367 e. The molecule has 0 amide bonds. The molecule has 13 heavy (non-hydrogen) atoms. The van der Waals surface area contributed by atoms with E-state index >= 15 is 0 Å². The first-order valence-electron chi connectivity index (χ1n) is 4.05. The summed E-state index contributed by atoms with van der Waals surface area (Å²) < 4.78 is 4.88. The second kappa shape index (κ2) is 4.81. The molecule has 0 saturated carbocycles. The zero-order chi connectivity index (χ0) is 9.68. The molecule has 0 bridgehead atoms. The number of aromatic nitrogens is 1. The Morgan fingerprint density at radius 1 is 1.77 bits per heavy atom. The minimum absolute atomic E-state index is 0.132. The Morgan fingerprint density at radius 3 is 3.08 bits per heavy atom. The van der Waals surface area contributed by atoms with E-state index in [0.717, 1.165) is 24.2 Å². The summed E-state index contributed by atoms with van der Waals surface area (Å²) in [6, 6.07) is 0. The van der Waals surface area contributed by atoms with Gasteiger partial charge in [-0.2, -0.15) is 4.98 Å². The van der Waals surface area contributed by atoms with Crippen LogP contribution >= 0.6 is 11.3 Å². The molecular formula is C8H11NO3S. The van der Waals surface area contributed by atoms with Crippen molar-refractivity contribution in [3.63, 3.8) is 0 Å². The average molecular weight is 201 g/mol. The van der Waals surface area contributed by atoms with Crippen LogP contribution < -0.4 is 0 Å². The zero-order valence-electron chi connectivity index (χ0n) is 7.32. The third-order valence-corrected chi connectivity index (χ3v) is 2.21. The van der Waals surface area contributed by atoms with Gasteiger partial charge in [0, 0.05) is 0 Å². The summed E-state index contributed by atoms with van der Waals surface area (Å²) in [6.45, 7) is 2.43. The van der Waals surface area contributed by atoms with Crippen LogP contribution in [0, 0.1) is 0 Å². The molecule has 1 aromatic rings. The molecule has 4 nitrogen and oxygen atoms in total. The van der Waals surface area contributed by atoms with E-state index < -0.39 is 5.97 Å². The highest BCUT2D eigenvalue weighted by atomic mass is 32.1. The normalized spacial score (nSPS) is 9.92. The van der Waals surface area contributed by atoms with Crippen LogP contribution in [0.5, 0.6) is 5.88 Å². The molecule has 1 heterocycles. The summed E-state index contributed by atoms with van der Waals surface area (Å²) in [6.07, 6.45) is 1.83. The maximum atomic E-state index is 11.1. The van der Waals surface area contributed by atoms with Gasteiger partial charge in [0.15, 0.2) is 0 Å². The molecule has 1 rings (SSSR count). The highest BCUT2D eigenvalue weighted by molar-refractivity contribution is 7.11. The number of aromatic hydroxyl groups is 1. The molecule has 1 N–H and O–H groups in total. The number of carbonyl (C=O) groups excluding carboxylic acids is 1. The van der Waals surface area contributed by atoms with E-state index in [2.05, 4.69) is 4.98 Å². The van der Waals surface area contributed by atoms with Gasteiger partial charge in [-0.3, -0.25) is 0 Å². The molecule has 0 radical (unpaired) electrons. The molecule has 0 atom stereocenters. The van der Waals surface area contributed by atoms with Gasteiger partial charge in [0.1, 0.15) is 0 Å². The first kappa shape index (κ1) is 9.98. The highest BCUT2D eigenvalue weighted by Gasteiger charge is 2.11. The molecule has 5 heteroatoms. The van der Waals surface area contributed by atoms with E-state index in [4.69, 9.17) is 9.84 Å². The number of hydrogen-bond acceptors (Lipinski definition) is 5. The van der Waals surface area contributed by atoms with Gasteiger partial charge in [0.05, 0.1) is 12.0 Å². The minimum atomic E-state index is -0.459. The minimum Gasteiger partial charge on any atom is -0.493 e. The lowest BCUT2D eigenvalue weighted by Gasteiger charge is -1.99. The van der Waals surface area contributed by atoms with Crippen LogP contribution in [0.3, 0.4) is 0 Å². The Balaban J connectivity index is 2.40. The second-order valence-corrected chi connectivity index (χ2v) is 3.36. The van der Waals surface area contributed by atoms with Crippen molar-refractivity contribution >= 4 is 17.3 Å². The Labute approximate surface area is 80.2 Å². The van der Waals surface area contributed by atoms with E-state index in [9.17, 15) is 4.79 Å². The monoisotopic (exact) mass is 201 g/mol. The Morgan fingerprint density at radius 2 is 2.54 bits per heavy atom. The van der Waals surface area contributed by atoms with E-state index in [1.54, 1.807) is 0 Å².